The molecule has 1 saturated heterocycles. The highest BCUT2D eigenvalue weighted by molar-refractivity contribution is 6.74. The Hall–Kier alpha value is 0.0969. The second-order valence-corrected chi connectivity index (χ2v) is 12.9. The third-order valence-corrected chi connectivity index (χ3v) is 8.90. The van der Waals surface area contributed by atoms with Crippen molar-refractivity contribution in [2.75, 3.05) is 6.61 Å². The highest BCUT2D eigenvalue weighted by Crippen LogP contribution is 2.39. The minimum Gasteiger partial charge on any atom is -0.417 e. The molecule has 1 rings (SSSR count). The van der Waals surface area contributed by atoms with E-state index in [9.17, 15) is 0 Å². The van der Waals surface area contributed by atoms with Gasteiger partial charge in [0.05, 0.1) is 11.7 Å². The fourth-order valence-electron chi connectivity index (χ4n) is 2.25. The maximum Gasteiger partial charge on any atom is 0.191 e. The second kappa shape index (κ2) is 5.13. The summed E-state index contributed by atoms with van der Waals surface area (Å²) >= 11 is 0. The van der Waals surface area contributed by atoms with Crippen LogP contribution < -0.4 is 0 Å². The van der Waals surface area contributed by atoms with E-state index in [-0.39, 0.29) is 16.7 Å². The van der Waals surface area contributed by atoms with Crippen LogP contribution in [-0.2, 0) is 13.9 Å². The lowest BCUT2D eigenvalue weighted by molar-refractivity contribution is -0.157. The first-order chi connectivity index (χ1) is 8.27. The van der Waals surface area contributed by atoms with Gasteiger partial charge in [0.25, 0.3) is 0 Å². The van der Waals surface area contributed by atoms with Gasteiger partial charge in [-0.1, -0.05) is 20.8 Å². The summed E-state index contributed by atoms with van der Waals surface area (Å²) in [7, 11) is -1.66. The summed E-state index contributed by atoms with van der Waals surface area (Å²) in [4.78, 5) is 0. The van der Waals surface area contributed by atoms with Crippen molar-refractivity contribution in [3.05, 3.63) is 0 Å². The van der Waals surface area contributed by atoms with Crippen molar-refractivity contribution in [3.63, 3.8) is 0 Å². The molecule has 0 aliphatic carbocycles. The molecule has 4 heteroatoms. The van der Waals surface area contributed by atoms with Crippen LogP contribution >= 0.6 is 0 Å². The third-order valence-electron chi connectivity index (χ3n) is 4.36. The number of rotatable bonds is 4. The van der Waals surface area contributed by atoms with Crippen LogP contribution in [0.25, 0.3) is 0 Å². The summed E-state index contributed by atoms with van der Waals surface area (Å²) < 4.78 is 18.1. The molecule has 1 aliphatic rings. The normalized spacial score (nSPS) is 26.7. The molecule has 0 amide bonds. The van der Waals surface area contributed by atoms with Crippen LogP contribution in [0.4, 0.5) is 0 Å². The Balaban J connectivity index is 2.51. The van der Waals surface area contributed by atoms with E-state index in [1.165, 1.54) is 0 Å². The Morgan fingerprint density at radius 2 is 1.63 bits per heavy atom. The molecule has 0 radical (unpaired) electrons. The van der Waals surface area contributed by atoms with Crippen molar-refractivity contribution in [1.82, 2.24) is 0 Å². The molecule has 1 unspecified atom stereocenters. The van der Waals surface area contributed by atoms with Crippen molar-refractivity contribution >= 4 is 8.32 Å². The third kappa shape index (κ3) is 4.28. The monoisotopic (exact) mass is 288 g/mol. The molecule has 0 saturated carbocycles. The predicted octanol–water partition coefficient (Wildman–Crippen LogP) is 4.33. The molecule has 19 heavy (non-hydrogen) atoms. The molecule has 0 N–H and O–H groups in total. The van der Waals surface area contributed by atoms with Gasteiger partial charge in [0.2, 0.25) is 0 Å². The van der Waals surface area contributed by atoms with Gasteiger partial charge in [-0.2, -0.15) is 0 Å². The number of hydrogen-bond acceptors (Lipinski definition) is 3. The Kier molecular flexibility index (Phi) is 4.63. The standard InChI is InChI=1S/C15H32O3Si/c1-13(2,3)19(8,9)16-11-10-12-14(4,5)18-15(6,7)17-12/h12H,10-11H2,1-9H3. The van der Waals surface area contributed by atoms with Gasteiger partial charge in [-0.25, -0.2) is 0 Å². The summed E-state index contributed by atoms with van der Waals surface area (Å²) in [5, 5.41) is 0.259. The molecule has 0 bridgehead atoms. The fraction of sp³-hybridized carbons (Fsp3) is 1.00. The van der Waals surface area contributed by atoms with Crippen molar-refractivity contribution < 1.29 is 13.9 Å². The minimum atomic E-state index is -1.66. The van der Waals surface area contributed by atoms with Crippen molar-refractivity contribution in [1.29, 1.82) is 0 Å². The summed E-state index contributed by atoms with van der Waals surface area (Å²) in [6.45, 7) is 20.3. The molecule has 1 atom stereocenters. The summed E-state index contributed by atoms with van der Waals surface area (Å²) in [6, 6.07) is 0. The van der Waals surface area contributed by atoms with Gasteiger partial charge in [-0.05, 0) is 52.2 Å². The van der Waals surface area contributed by atoms with Gasteiger partial charge in [0.15, 0.2) is 14.1 Å². The van der Waals surface area contributed by atoms with E-state index in [1.54, 1.807) is 0 Å². The van der Waals surface area contributed by atoms with Gasteiger partial charge >= 0.3 is 0 Å². The van der Waals surface area contributed by atoms with Gasteiger partial charge in [-0.3, -0.25) is 0 Å². The molecule has 3 nitrogen and oxygen atoms in total. The van der Waals surface area contributed by atoms with Crippen molar-refractivity contribution in [3.8, 4) is 0 Å². The Morgan fingerprint density at radius 3 is 2.00 bits per heavy atom. The SMILES string of the molecule is CC1(C)OC(CCO[Si](C)(C)C(C)(C)C)C(C)(C)O1. The van der Waals surface area contributed by atoms with E-state index in [1.807, 2.05) is 13.8 Å². The van der Waals surface area contributed by atoms with E-state index in [0.29, 0.717) is 0 Å². The van der Waals surface area contributed by atoms with Crippen LogP contribution in [0.1, 0.15) is 54.9 Å². The predicted molar refractivity (Wildman–Crippen MR) is 81.9 cm³/mol. The fourth-order valence-corrected chi connectivity index (χ4v) is 3.31. The van der Waals surface area contributed by atoms with Crippen molar-refractivity contribution in [2.24, 2.45) is 0 Å². The average molecular weight is 289 g/mol. The number of ether oxygens (including phenoxy) is 2. The van der Waals surface area contributed by atoms with Crippen LogP contribution in [0.5, 0.6) is 0 Å². The number of hydrogen-bond donors (Lipinski definition) is 0. The first-order valence-electron chi connectivity index (χ1n) is 7.29. The largest absolute Gasteiger partial charge is 0.417 e. The van der Waals surface area contributed by atoms with E-state index >= 15 is 0 Å². The van der Waals surface area contributed by atoms with Crippen LogP contribution in [0, 0.1) is 0 Å². The summed E-state index contributed by atoms with van der Waals surface area (Å²) in [5.74, 6) is -0.481. The average Bonchev–Trinajstić information content (AvgIpc) is 2.31. The van der Waals surface area contributed by atoms with E-state index < -0.39 is 14.1 Å². The van der Waals surface area contributed by atoms with Gasteiger partial charge < -0.3 is 13.9 Å². The summed E-state index contributed by atoms with van der Waals surface area (Å²) in [5.41, 5.74) is -0.236. The molecule has 0 aromatic rings. The molecular weight excluding hydrogens is 256 g/mol. The quantitative estimate of drug-likeness (QED) is 0.721. The Morgan fingerprint density at radius 1 is 1.11 bits per heavy atom. The first kappa shape index (κ1) is 17.1. The molecule has 1 heterocycles. The molecule has 1 aliphatic heterocycles. The minimum absolute atomic E-state index is 0.104. The second-order valence-electron chi connectivity index (χ2n) is 8.11. The lowest BCUT2D eigenvalue weighted by Crippen LogP contribution is -2.42. The topological polar surface area (TPSA) is 27.7 Å². The van der Waals surface area contributed by atoms with E-state index in [0.717, 1.165) is 13.0 Å². The molecule has 0 aromatic carbocycles. The smallest absolute Gasteiger partial charge is 0.191 e. The molecule has 0 aromatic heterocycles. The van der Waals surface area contributed by atoms with Crippen LogP contribution in [0.15, 0.2) is 0 Å². The Bertz CT molecular complexity index is 316. The maximum absolute atomic E-state index is 6.22. The highest BCUT2D eigenvalue weighted by atomic mass is 28.4. The lowest BCUT2D eigenvalue weighted by Gasteiger charge is -2.36. The van der Waals surface area contributed by atoms with Gasteiger partial charge in [0, 0.05) is 6.61 Å². The zero-order chi connectivity index (χ0) is 15.1. The highest BCUT2D eigenvalue weighted by Gasteiger charge is 2.47. The van der Waals surface area contributed by atoms with Crippen LogP contribution in [0.3, 0.4) is 0 Å². The maximum atomic E-state index is 6.22. The molecule has 0 spiro atoms. The molecular formula is C15H32O3Si. The summed E-state index contributed by atoms with van der Waals surface area (Å²) in [6.07, 6.45) is 0.996. The molecule has 114 valence electrons. The van der Waals surface area contributed by atoms with Crippen LogP contribution in [-0.4, -0.2) is 32.4 Å². The molecule has 1 fully saturated rings. The van der Waals surface area contributed by atoms with Crippen molar-refractivity contribution in [2.45, 2.75) is 90.5 Å². The Labute approximate surface area is 120 Å². The zero-order valence-electron chi connectivity index (χ0n) is 14.2. The van der Waals surface area contributed by atoms with E-state index in [2.05, 4.69) is 47.7 Å². The van der Waals surface area contributed by atoms with Gasteiger partial charge in [0.1, 0.15) is 0 Å². The lowest BCUT2D eigenvalue weighted by atomic mass is 10.00. The van der Waals surface area contributed by atoms with Gasteiger partial charge in [-0.15, -0.1) is 0 Å². The van der Waals surface area contributed by atoms with E-state index in [4.69, 9.17) is 13.9 Å². The zero-order valence-corrected chi connectivity index (χ0v) is 15.2. The first-order valence-corrected chi connectivity index (χ1v) is 10.2. The van der Waals surface area contributed by atoms with Crippen LogP contribution in [0.2, 0.25) is 18.1 Å².